The molecule has 0 spiro atoms. The molecule has 39 heavy (non-hydrogen) atoms. The highest BCUT2D eigenvalue weighted by atomic mass is 32.1. The summed E-state index contributed by atoms with van der Waals surface area (Å²) in [5.41, 5.74) is 11.9. The molecule has 1 aliphatic heterocycles. The Labute approximate surface area is 230 Å². The molecule has 0 atom stereocenters. The number of carbonyl (C=O) groups excluding carboxylic acids is 1. The molecule has 0 aliphatic carbocycles. The number of anilines is 3. The maximum absolute atomic E-state index is 12.8. The zero-order valence-electron chi connectivity index (χ0n) is 21.7. The Hall–Kier alpha value is -4.21. The van der Waals surface area contributed by atoms with E-state index in [1.54, 1.807) is 0 Å². The minimum Gasteiger partial charge on any atom is -0.375 e. The van der Waals surface area contributed by atoms with Crippen molar-refractivity contribution in [2.45, 2.75) is 19.9 Å². The average molecular weight is 539 g/mol. The van der Waals surface area contributed by atoms with Crippen LogP contribution in [0, 0.1) is 0 Å². The van der Waals surface area contributed by atoms with Crippen LogP contribution in [0.5, 0.6) is 0 Å². The molecule has 198 valence electrons. The van der Waals surface area contributed by atoms with Crippen LogP contribution < -0.4 is 21.5 Å². The number of nitrogens with one attached hydrogen (secondary N) is 2. The molecular formula is C30H30N6O2S. The van der Waals surface area contributed by atoms with E-state index >= 15 is 0 Å². The number of aromatic amines is 1. The number of nitrogen functional groups attached to an aromatic ring is 1. The molecule has 4 N–H and O–H groups in total. The SMILES string of the molecule is CCc1cc2ccc(CN3CCN(c4ccc(C(=O)Nc5ccc6sc(N)nc6c5)cc4)CC3)cc2[nH]c1=O. The van der Waals surface area contributed by atoms with Crippen molar-refractivity contribution in [1.29, 1.82) is 0 Å². The van der Waals surface area contributed by atoms with Crippen LogP contribution in [-0.2, 0) is 13.0 Å². The number of hydrogen-bond acceptors (Lipinski definition) is 7. The smallest absolute Gasteiger partial charge is 0.255 e. The summed E-state index contributed by atoms with van der Waals surface area (Å²) in [7, 11) is 0. The maximum Gasteiger partial charge on any atom is 0.255 e. The molecule has 1 fully saturated rings. The van der Waals surface area contributed by atoms with Crippen molar-refractivity contribution >= 4 is 54.9 Å². The molecule has 5 aromatic rings. The predicted molar refractivity (Wildman–Crippen MR) is 160 cm³/mol. The molecule has 3 aromatic carbocycles. The quantitative estimate of drug-likeness (QED) is 0.285. The van der Waals surface area contributed by atoms with Crippen LogP contribution in [0.15, 0.2) is 71.5 Å². The number of piperazine rings is 1. The number of aromatic nitrogens is 2. The van der Waals surface area contributed by atoms with E-state index in [0.717, 1.165) is 71.5 Å². The van der Waals surface area contributed by atoms with Gasteiger partial charge in [0, 0.05) is 60.7 Å². The Bertz CT molecular complexity index is 1720. The highest BCUT2D eigenvalue weighted by Crippen LogP contribution is 2.27. The molecule has 2 aromatic heterocycles. The molecule has 3 heterocycles. The Morgan fingerprint density at radius 3 is 2.59 bits per heavy atom. The van der Waals surface area contributed by atoms with Crippen molar-refractivity contribution in [3.63, 3.8) is 0 Å². The monoisotopic (exact) mass is 538 g/mol. The standard InChI is InChI=1S/C30H30N6O2S/c1-2-20-16-22-4-3-19(15-25(22)33-28(20)37)18-35-11-13-36(14-12-35)24-8-5-21(6-9-24)29(38)32-23-7-10-27-26(17-23)34-30(31)39-27/h3-10,15-17H,2,11-14,18H2,1H3,(H2,31,34)(H,32,38)(H,33,37). The number of hydrogen-bond donors (Lipinski definition) is 3. The second kappa shape index (κ2) is 10.5. The minimum atomic E-state index is -0.156. The summed E-state index contributed by atoms with van der Waals surface area (Å²) in [4.78, 5) is 37.1. The number of nitrogens with zero attached hydrogens (tertiary/aromatic N) is 3. The van der Waals surface area contributed by atoms with E-state index in [9.17, 15) is 9.59 Å². The number of aryl methyl sites for hydroxylation is 1. The number of thiazole rings is 1. The normalized spacial score (nSPS) is 14.2. The van der Waals surface area contributed by atoms with Crippen LogP contribution in [0.2, 0.25) is 0 Å². The number of carbonyl (C=O) groups is 1. The molecule has 9 heteroatoms. The lowest BCUT2D eigenvalue weighted by molar-refractivity contribution is 0.102. The number of fused-ring (bicyclic) bond motifs is 2. The van der Waals surface area contributed by atoms with Gasteiger partial charge in [-0.1, -0.05) is 30.4 Å². The van der Waals surface area contributed by atoms with Gasteiger partial charge in [0.05, 0.1) is 10.2 Å². The Morgan fingerprint density at radius 2 is 1.82 bits per heavy atom. The lowest BCUT2D eigenvalue weighted by Crippen LogP contribution is -2.45. The first-order valence-electron chi connectivity index (χ1n) is 13.1. The van der Waals surface area contributed by atoms with Gasteiger partial charge in [-0.3, -0.25) is 14.5 Å². The zero-order valence-corrected chi connectivity index (χ0v) is 22.6. The van der Waals surface area contributed by atoms with Crippen molar-refractivity contribution in [1.82, 2.24) is 14.9 Å². The van der Waals surface area contributed by atoms with Gasteiger partial charge in [0.15, 0.2) is 5.13 Å². The van der Waals surface area contributed by atoms with Crippen LogP contribution >= 0.6 is 11.3 Å². The van der Waals surface area contributed by atoms with Crippen LogP contribution in [0.3, 0.4) is 0 Å². The number of pyridine rings is 1. The molecule has 8 nitrogen and oxygen atoms in total. The predicted octanol–water partition coefficient (Wildman–Crippen LogP) is 4.86. The van der Waals surface area contributed by atoms with Crippen molar-refractivity contribution in [3.8, 4) is 0 Å². The van der Waals surface area contributed by atoms with Crippen LogP contribution in [0.4, 0.5) is 16.5 Å². The zero-order chi connectivity index (χ0) is 26.9. The average Bonchev–Trinajstić information content (AvgIpc) is 3.32. The minimum absolute atomic E-state index is 0.00186. The third-order valence-corrected chi connectivity index (χ3v) is 8.17. The molecular weight excluding hydrogens is 508 g/mol. The van der Waals surface area contributed by atoms with Crippen molar-refractivity contribution in [3.05, 3.63) is 93.8 Å². The van der Waals surface area contributed by atoms with Crippen LogP contribution in [0.1, 0.15) is 28.4 Å². The van der Waals surface area contributed by atoms with Crippen molar-refractivity contribution in [2.75, 3.05) is 42.1 Å². The van der Waals surface area contributed by atoms with Gasteiger partial charge in [-0.25, -0.2) is 4.98 Å². The van der Waals surface area contributed by atoms with Gasteiger partial charge in [-0.15, -0.1) is 0 Å². The topological polar surface area (TPSA) is 107 Å². The Balaban J connectivity index is 1.05. The maximum atomic E-state index is 12.8. The molecule has 0 radical (unpaired) electrons. The van der Waals surface area contributed by atoms with E-state index in [1.165, 1.54) is 16.9 Å². The van der Waals surface area contributed by atoms with E-state index in [2.05, 4.69) is 43.3 Å². The number of nitrogens with two attached hydrogens (primary N) is 1. The molecule has 6 rings (SSSR count). The summed E-state index contributed by atoms with van der Waals surface area (Å²) in [5.74, 6) is -0.156. The fourth-order valence-corrected chi connectivity index (χ4v) is 5.84. The molecule has 0 bridgehead atoms. The van der Waals surface area contributed by atoms with Crippen molar-refractivity contribution < 1.29 is 4.79 Å². The number of rotatable bonds is 6. The van der Waals surface area contributed by atoms with Gasteiger partial charge in [-0.05, 0) is 72.0 Å². The first-order valence-corrected chi connectivity index (χ1v) is 14.0. The van der Waals surface area contributed by atoms with E-state index in [0.29, 0.717) is 16.4 Å². The number of H-pyrrole nitrogens is 1. The fraction of sp³-hybridized carbons (Fsp3) is 0.233. The summed E-state index contributed by atoms with van der Waals surface area (Å²) < 4.78 is 0.995. The molecule has 0 saturated carbocycles. The van der Waals surface area contributed by atoms with Gasteiger partial charge in [0.25, 0.3) is 11.5 Å². The highest BCUT2D eigenvalue weighted by molar-refractivity contribution is 7.22. The Kier molecular flexibility index (Phi) is 6.76. The van der Waals surface area contributed by atoms with E-state index in [4.69, 9.17) is 5.73 Å². The van der Waals surface area contributed by atoms with Gasteiger partial charge in [0.2, 0.25) is 0 Å². The summed E-state index contributed by atoms with van der Waals surface area (Å²) >= 11 is 1.43. The van der Waals surface area contributed by atoms with Gasteiger partial charge in [-0.2, -0.15) is 0 Å². The summed E-state index contributed by atoms with van der Waals surface area (Å²) in [6.07, 6.45) is 0.730. The van der Waals surface area contributed by atoms with Gasteiger partial charge < -0.3 is 20.9 Å². The lowest BCUT2D eigenvalue weighted by Gasteiger charge is -2.36. The fourth-order valence-electron chi connectivity index (χ4n) is 5.13. The van der Waals surface area contributed by atoms with E-state index in [1.807, 2.05) is 55.5 Å². The number of amides is 1. The first-order chi connectivity index (χ1) is 18.9. The van der Waals surface area contributed by atoms with Gasteiger partial charge in [0.1, 0.15) is 0 Å². The molecule has 1 amide bonds. The van der Waals surface area contributed by atoms with Crippen molar-refractivity contribution in [2.24, 2.45) is 0 Å². The third-order valence-electron chi connectivity index (χ3n) is 7.30. The largest absolute Gasteiger partial charge is 0.375 e. The lowest BCUT2D eigenvalue weighted by atomic mass is 10.1. The van der Waals surface area contributed by atoms with E-state index < -0.39 is 0 Å². The summed E-state index contributed by atoms with van der Waals surface area (Å²) in [5, 5.41) is 4.54. The molecule has 1 saturated heterocycles. The van der Waals surface area contributed by atoms with E-state index in [-0.39, 0.29) is 11.5 Å². The second-order valence-corrected chi connectivity index (χ2v) is 11.0. The molecule has 1 aliphatic rings. The van der Waals surface area contributed by atoms with Gasteiger partial charge >= 0.3 is 0 Å². The third kappa shape index (κ3) is 5.36. The van der Waals surface area contributed by atoms with Crippen LogP contribution in [0.25, 0.3) is 21.1 Å². The van der Waals surface area contributed by atoms with Crippen LogP contribution in [-0.4, -0.2) is 47.0 Å². The summed E-state index contributed by atoms with van der Waals surface area (Å²) in [6, 6.07) is 21.7. The summed E-state index contributed by atoms with van der Waals surface area (Å²) in [6.45, 7) is 6.54. The number of benzene rings is 3. The Morgan fingerprint density at radius 1 is 1.03 bits per heavy atom. The highest BCUT2D eigenvalue weighted by Gasteiger charge is 2.18. The molecule has 0 unspecified atom stereocenters. The first kappa shape index (κ1) is 25.1. The second-order valence-electron chi connectivity index (χ2n) is 9.90.